The zero-order chi connectivity index (χ0) is 16.4. The zero-order valence-corrected chi connectivity index (χ0v) is 14.1. The molecule has 1 atom stereocenters. The summed E-state index contributed by atoms with van der Waals surface area (Å²) >= 11 is 1.52. The van der Waals surface area contributed by atoms with E-state index in [-0.39, 0.29) is 6.03 Å². The van der Waals surface area contributed by atoms with Gasteiger partial charge in [-0.25, -0.2) is 9.78 Å². The molecule has 3 rings (SSSR count). The predicted molar refractivity (Wildman–Crippen MR) is 92.9 cm³/mol. The van der Waals surface area contributed by atoms with Gasteiger partial charge in [-0.2, -0.15) is 0 Å². The van der Waals surface area contributed by atoms with Crippen molar-refractivity contribution in [1.29, 1.82) is 0 Å². The Bertz CT molecular complexity index is 684. The first-order chi connectivity index (χ1) is 11.0. The lowest BCUT2D eigenvalue weighted by Gasteiger charge is -2.14. The van der Waals surface area contributed by atoms with E-state index in [2.05, 4.69) is 24.1 Å². The van der Waals surface area contributed by atoms with Gasteiger partial charge in [0.25, 0.3) is 0 Å². The molecule has 23 heavy (non-hydrogen) atoms. The number of hydrogen-bond acceptors (Lipinski definition) is 4. The van der Waals surface area contributed by atoms with Crippen molar-refractivity contribution in [3.8, 4) is 11.3 Å². The number of likely N-dealkylation sites (tertiary alicyclic amines) is 1. The molecule has 0 radical (unpaired) electrons. The van der Waals surface area contributed by atoms with E-state index >= 15 is 0 Å². The highest BCUT2D eigenvalue weighted by Gasteiger charge is 2.25. The van der Waals surface area contributed by atoms with Crippen LogP contribution in [0.5, 0.6) is 0 Å². The van der Waals surface area contributed by atoms with Crippen LogP contribution in [0, 0.1) is 0 Å². The average Bonchev–Trinajstić information content (AvgIpc) is 3.15. The molecule has 0 aliphatic carbocycles. The highest BCUT2D eigenvalue weighted by Crippen LogP contribution is 2.36. The number of urea groups is 1. The molecule has 0 bridgehead atoms. The van der Waals surface area contributed by atoms with Gasteiger partial charge in [0.05, 0.1) is 11.8 Å². The standard InChI is InChI=1S/C17H21N3O2S/c1-11(2)15-14(12-6-4-3-5-7-12)18-16(23-15)19-17(22)20-9-8-13(21)10-20/h3-7,11,13,21H,8-10H2,1-2H3,(H,18,19,22). The summed E-state index contributed by atoms with van der Waals surface area (Å²) in [5.74, 6) is 0.335. The summed E-state index contributed by atoms with van der Waals surface area (Å²) in [5, 5.41) is 13.0. The van der Waals surface area contributed by atoms with Crippen molar-refractivity contribution in [1.82, 2.24) is 9.88 Å². The Labute approximate surface area is 140 Å². The first-order valence-electron chi connectivity index (χ1n) is 7.84. The molecular formula is C17H21N3O2S. The van der Waals surface area contributed by atoms with Crippen molar-refractivity contribution < 1.29 is 9.90 Å². The number of thiazole rings is 1. The maximum Gasteiger partial charge on any atom is 0.323 e. The molecule has 1 saturated heterocycles. The molecule has 0 saturated carbocycles. The molecule has 1 aliphatic heterocycles. The number of aliphatic hydroxyl groups excluding tert-OH is 1. The summed E-state index contributed by atoms with van der Waals surface area (Å²) in [6, 6.07) is 9.83. The van der Waals surface area contributed by atoms with Gasteiger partial charge in [0, 0.05) is 23.5 Å². The Morgan fingerprint density at radius 3 is 2.74 bits per heavy atom. The number of carbonyl (C=O) groups is 1. The van der Waals surface area contributed by atoms with Gasteiger partial charge in [-0.3, -0.25) is 5.32 Å². The Kier molecular flexibility index (Phi) is 4.63. The molecular weight excluding hydrogens is 310 g/mol. The third-order valence-electron chi connectivity index (χ3n) is 3.89. The van der Waals surface area contributed by atoms with Crippen molar-refractivity contribution in [3.05, 3.63) is 35.2 Å². The second kappa shape index (κ2) is 6.68. The number of carbonyl (C=O) groups excluding carboxylic acids is 1. The number of aromatic nitrogens is 1. The van der Waals surface area contributed by atoms with Crippen molar-refractivity contribution in [3.63, 3.8) is 0 Å². The number of hydrogen-bond donors (Lipinski definition) is 2. The molecule has 5 nitrogen and oxygen atoms in total. The smallest absolute Gasteiger partial charge is 0.323 e. The number of nitrogens with zero attached hydrogens (tertiary/aromatic N) is 2. The molecule has 1 aliphatic rings. The van der Waals surface area contributed by atoms with Crippen LogP contribution in [0.4, 0.5) is 9.93 Å². The largest absolute Gasteiger partial charge is 0.391 e. The van der Waals surface area contributed by atoms with Gasteiger partial charge in [-0.15, -0.1) is 11.3 Å². The van der Waals surface area contributed by atoms with Crippen LogP contribution in [-0.4, -0.2) is 40.2 Å². The van der Waals surface area contributed by atoms with E-state index in [9.17, 15) is 9.90 Å². The number of anilines is 1. The average molecular weight is 331 g/mol. The third kappa shape index (κ3) is 3.54. The van der Waals surface area contributed by atoms with Gasteiger partial charge in [0.2, 0.25) is 0 Å². The Hall–Kier alpha value is -1.92. The molecule has 122 valence electrons. The van der Waals surface area contributed by atoms with Crippen LogP contribution in [0.15, 0.2) is 30.3 Å². The highest BCUT2D eigenvalue weighted by atomic mass is 32.1. The number of β-amino-alcohol motifs (C(OH)–C–C–N with tert-alkyl or cyclic N) is 1. The number of benzene rings is 1. The molecule has 2 amide bonds. The summed E-state index contributed by atoms with van der Waals surface area (Å²) in [5.41, 5.74) is 1.99. The van der Waals surface area contributed by atoms with Crippen LogP contribution in [0.1, 0.15) is 31.1 Å². The fraction of sp³-hybridized carbons (Fsp3) is 0.412. The van der Waals surface area contributed by atoms with E-state index in [1.54, 1.807) is 4.90 Å². The number of aliphatic hydroxyl groups is 1. The molecule has 6 heteroatoms. The van der Waals surface area contributed by atoms with Gasteiger partial charge in [0.15, 0.2) is 5.13 Å². The lowest BCUT2D eigenvalue weighted by molar-refractivity contribution is 0.176. The Balaban J connectivity index is 1.82. The summed E-state index contributed by atoms with van der Waals surface area (Å²) < 4.78 is 0. The molecule has 1 aromatic carbocycles. The predicted octanol–water partition coefficient (Wildman–Crippen LogP) is 3.53. The van der Waals surface area contributed by atoms with Gasteiger partial charge < -0.3 is 10.0 Å². The van der Waals surface area contributed by atoms with Crippen molar-refractivity contribution in [2.45, 2.75) is 32.3 Å². The summed E-state index contributed by atoms with van der Waals surface area (Å²) in [6.45, 7) is 5.23. The zero-order valence-electron chi connectivity index (χ0n) is 13.3. The number of rotatable bonds is 3. The first kappa shape index (κ1) is 16.0. The van der Waals surface area contributed by atoms with Crippen LogP contribution in [-0.2, 0) is 0 Å². The first-order valence-corrected chi connectivity index (χ1v) is 8.66. The monoisotopic (exact) mass is 331 g/mol. The van der Waals surface area contributed by atoms with Gasteiger partial charge >= 0.3 is 6.03 Å². The molecule has 1 fully saturated rings. The fourth-order valence-electron chi connectivity index (χ4n) is 2.68. The summed E-state index contributed by atoms with van der Waals surface area (Å²) in [6.07, 6.45) is 0.223. The van der Waals surface area contributed by atoms with Crippen molar-refractivity contribution in [2.24, 2.45) is 0 Å². The van der Waals surface area contributed by atoms with Crippen molar-refractivity contribution in [2.75, 3.05) is 18.4 Å². The van der Waals surface area contributed by atoms with Gasteiger partial charge in [0.1, 0.15) is 0 Å². The van der Waals surface area contributed by atoms with E-state index in [1.807, 2.05) is 30.3 Å². The molecule has 1 unspecified atom stereocenters. The van der Waals surface area contributed by atoms with Gasteiger partial charge in [-0.05, 0) is 12.3 Å². The quantitative estimate of drug-likeness (QED) is 0.904. The van der Waals surface area contributed by atoms with Crippen LogP contribution in [0.3, 0.4) is 0 Å². The number of amides is 2. The topological polar surface area (TPSA) is 65.5 Å². The lowest BCUT2D eigenvalue weighted by Crippen LogP contribution is -2.33. The number of nitrogens with one attached hydrogen (secondary N) is 1. The van der Waals surface area contributed by atoms with Crippen LogP contribution >= 0.6 is 11.3 Å². The Morgan fingerprint density at radius 2 is 2.13 bits per heavy atom. The molecule has 2 aromatic rings. The van der Waals surface area contributed by atoms with Crippen LogP contribution < -0.4 is 5.32 Å². The van der Waals surface area contributed by atoms with E-state index < -0.39 is 6.10 Å². The third-order valence-corrected chi connectivity index (χ3v) is 5.16. The minimum absolute atomic E-state index is 0.190. The van der Waals surface area contributed by atoms with E-state index in [0.29, 0.717) is 30.6 Å². The summed E-state index contributed by atoms with van der Waals surface area (Å²) in [4.78, 5) is 19.7. The summed E-state index contributed by atoms with van der Waals surface area (Å²) in [7, 11) is 0. The molecule has 1 aromatic heterocycles. The highest BCUT2D eigenvalue weighted by molar-refractivity contribution is 7.16. The molecule has 0 spiro atoms. The fourth-order valence-corrected chi connectivity index (χ4v) is 3.66. The molecule has 2 heterocycles. The minimum atomic E-state index is -0.414. The SMILES string of the molecule is CC(C)c1sc(NC(=O)N2CCC(O)C2)nc1-c1ccccc1. The van der Waals surface area contributed by atoms with Crippen LogP contribution in [0.25, 0.3) is 11.3 Å². The maximum atomic E-state index is 12.3. The lowest BCUT2D eigenvalue weighted by atomic mass is 10.1. The second-order valence-corrected chi connectivity index (χ2v) is 7.10. The van der Waals surface area contributed by atoms with E-state index in [0.717, 1.165) is 16.1 Å². The van der Waals surface area contributed by atoms with Crippen molar-refractivity contribution >= 4 is 22.5 Å². The normalized spacial score (nSPS) is 17.7. The van der Waals surface area contributed by atoms with Gasteiger partial charge in [-0.1, -0.05) is 44.2 Å². The van der Waals surface area contributed by atoms with Crippen LogP contribution in [0.2, 0.25) is 0 Å². The maximum absolute atomic E-state index is 12.3. The van der Waals surface area contributed by atoms with E-state index in [4.69, 9.17) is 0 Å². The minimum Gasteiger partial charge on any atom is -0.391 e. The Morgan fingerprint density at radius 1 is 1.39 bits per heavy atom. The second-order valence-electron chi connectivity index (χ2n) is 6.07. The molecule has 2 N–H and O–H groups in total. The van der Waals surface area contributed by atoms with E-state index in [1.165, 1.54) is 11.3 Å².